The Bertz CT molecular complexity index is 549. The van der Waals surface area contributed by atoms with Gasteiger partial charge in [-0.3, -0.25) is 4.90 Å². The minimum absolute atomic E-state index is 0.233. The van der Waals surface area contributed by atoms with Crippen molar-refractivity contribution in [3.05, 3.63) is 35.4 Å². The van der Waals surface area contributed by atoms with Gasteiger partial charge in [-0.2, -0.15) is 0 Å². The first kappa shape index (κ1) is 15.6. The van der Waals surface area contributed by atoms with E-state index < -0.39 is 5.97 Å². The summed E-state index contributed by atoms with van der Waals surface area (Å²) in [6.45, 7) is 6.54. The van der Waals surface area contributed by atoms with Crippen LogP contribution in [0, 0.1) is 0 Å². The molecule has 1 saturated heterocycles. The highest BCUT2D eigenvalue weighted by Crippen LogP contribution is 2.30. The van der Waals surface area contributed by atoms with Crippen molar-refractivity contribution in [3.63, 3.8) is 0 Å². The van der Waals surface area contributed by atoms with Crippen molar-refractivity contribution in [1.29, 1.82) is 0 Å². The quantitative estimate of drug-likeness (QED) is 0.846. The van der Waals surface area contributed by atoms with Gasteiger partial charge in [-0.15, -0.1) is 0 Å². The van der Waals surface area contributed by atoms with Gasteiger partial charge in [0, 0.05) is 23.7 Å². The molecule has 0 bridgehead atoms. The van der Waals surface area contributed by atoms with Crippen molar-refractivity contribution >= 4 is 12.0 Å². The molecule has 4 nitrogen and oxygen atoms in total. The minimum atomic E-state index is -0.955. The molecule has 0 saturated carbocycles. The number of carboxylic acids is 1. The summed E-state index contributed by atoms with van der Waals surface area (Å²) in [7, 11) is 1.59. The van der Waals surface area contributed by atoms with Crippen LogP contribution in [0.1, 0.15) is 37.8 Å². The van der Waals surface area contributed by atoms with E-state index in [1.54, 1.807) is 13.2 Å². The van der Waals surface area contributed by atoms with E-state index in [1.165, 1.54) is 18.4 Å². The number of methoxy groups -OCH3 is 1. The highest BCUT2D eigenvalue weighted by Gasteiger charge is 2.31. The molecule has 0 atom stereocenters. The molecule has 1 heterocycles. The van der Waals surface area contributed by atoms with E-state index in [1.807, 2.05) is 18.2 Å². The van der Waals surface area contributed by atoms with Crippen LogP contribution >= 0.6 is 0 Å². The Morgan fingerprint density at radius 1 is 1.48 bits per heavy atom. The number of hydrogen-bond acceptors (Lipinski definition) is 3. The van der Waals surface area contributed by atoms with Gasteiger partial charge in [0.2, 0.25) is 0 Å². The fraction of sp³-hybridized carbons (Fsp3) is 0.471. The van der Waals surface area contributed by atoms with Crippen LogP contribution in [0.5, 0.6) is 5.75 Å². The molecule has 21 heavy (non-hydrogen) atoms. The summed E-state index contributed by atoms with van der Waals surface area (Å²) >= 11 is 0. The summed E-state index contributed by atoms with van der Waals surface area (Å²) in [4.78, 5) is 13.2. The van der Waals surface area contributed by atoms with E-state index in [9.17, 15) is 4.79 Å². The molecular formula is C17H23NO3. The standard InChI is InChI=1S/C17H23NO3/c1-17(2)9-4-10-18(17)12-13-5-7-15(21-3)14(11-13)6-8-16(19)20/h5-8,11H,4,9-10,12H2,1-3H3,(H,19,20). The lowest BCUT2D eigenvalue weighted by Crippen LogP contribution is -2.37. The van der Waals surface area contributed by atoms with E-state index in [-0.39, 0.29) is 5.54 Å². The first-order chi connectivity index (χ1) is 9.92. The Balaban J connectivity index is 2.21. The number of ether oxygens (including phenoxy) is 1. The van der Waals surface area contributed by atoms with Gasteiger partial charge in [-0.05, 0) is 57.0 Å². The molecule has 1 N–H and O–H groups in total. The maximum atomic E-state index is 10.7. The highest BCUT2D eigenvalue weighted by molar-refractivity contribution is 5.86. The van der Waals surface area contributed by atoms with Gasteiger partial charge in [0.05, 0.1) is 7.11 Å². The maximum absolute atomic E-state index is 10.7. The lowest BCUT2D eigenvalue weighted by atomic mass is 10.0. The molecule has 1 fully saturated rings. The summed E-state index contributed by atoms with van der Waals surface area (Å²) in [5.41, 5.74) is 2.21. The number of carboxylic acid groups (broad SMARTS) is 1. The van der Waals surface area contributed by atoms with E-state index >= 15 is 0 Å². The molecule has 1 aromatic carbocycles. The smallest absolute Gasteiger partial charge is 0.328 e. The second kappa shape index (κ2) is 6.31. The topological polar surface area (TPSA) is 49.8 Å². The van der Waals surface area contributed by atoms with E-state index in [0.717, 1.165) is 24.7 Å². The van der Waals surface area contributed by atoms with Crippen molar-refractivity contribution < 1.29 is 14.6 Å². The molecule has 4 heteroatoms. The first-order valence-corrected chi connectivity index (χ1v) is 7.25. The Morgan fingerprint density at radius 3 is 2.81 bits per heavy atom. The summed E-state index contributed by atoms with van der Waals surface area (Å²) in [5, 5.41) is 8.77. The van der Waals surface area contributed by atoms with Gasteiger partial charge >= 0.3 is 5.97 Å². The lowest BCUT2D eigenvalue weighted by Gasteiger charge is -2.31. The number of rotatable bonds is 5. The second-order valence-corrected chi connectivity index (χ2v) is 6.09. The van der Waals surface area contributed by atoms with Gasteiger partial charge < -0.3 is 9.84 Å². The maximum Gasteiger partial charge on any atom is 0.328 e. The van der Waals surface area contributed by atoms with Gasteiger partial charge in [0.1, 0.15) is 5.75 Å². The molecule has 114 valence electrons. The van der Waals surface area contributed by atoms with E-state index in [2.05, 4.69) is 18.7 Å². The number of carbonyl (C=O) groups is 1. The number of likely N-dealkylation sites (tertiary alicyclic amines) is 1. The van der Waals surface area contributed by atoms with Crippen LogP contribution < -0.4 is 4.74 Å². The molecule has 1 aromatic rings. The molecule has 0 aliphatic carbocycles. The third-order valence-electron chi connectivity index (χ3n) is 4.15. The van der Waals surface area contributed by atoms with Crippen LogP contribution in [-0.4, -0.2) is 35.2 Å². The van der Waals surface area contributed by atoms with E-state index in [4.69, 9.17) is 9.84 Å². The zero-order valence-electron chi connectivity index (χ0n) is 12.9. The van der Waals surface area contributed by atoms with Crippen LogP contribution in [0.15, 0.2) is 24.3 Å². The van der Waals surface area contributed by atoms with Crippen LogP contribution in [0.4, 0.5) is 0 Å². The number of nitrogens with zero attached hydrogens (tertiary/aromatic N) is 1. The number of hydrogen-bond donors (Lipinski definition) is 1. The van der Waals surface area contributed by atoms with Crippen LogP contribution in [0.2, 0.25) is 0 Å². The average Bonchev–Trinajstić information content (AvgIpc) is 2.76. The predicted molar refractivity (Wildman–Crippen MR) is 83.4 cm³/mol. The summed E-state index contributed by atoms with van der Waals surface area (Å²) < 4.78 is 5.29. The summed E-state index contributed by atoms with van der Waals surface area (Å²) in [6, 6.07) is 5.96. The van der Waals surface area contributed by atoms with E-state index in [0.29, 0.717) is 5.75 Å². The number of benzene rings is 1. The van der Waals surface area contributed by atoms with Crippen molar-refractivity contribution in [2.75, 3.05) is 13.7 Å². The Kier molecular flexibility index (Phi) is 4.68. The molecule has 0 spiro atoms. The fourth-order valence-corrected chi connectivity index (χ4v) is 2.85. The second-order valence-electron chi connectivity index (χ2n) is 6.09. The highest BCUT2D eigenvalue weighted by atomic mass is 16.5. The predicted octanol–water partition coefficient (Wildman–Crippen LogP) is 3.17. The third-order valence-corrected chi connectivity index (χ3v) is 4.15. The zero-order chi connectivity index (χ0) is 15.5. The summed E-state index contributed by atoms with van der Waals surface area (Å²) in [5.74, 6) is -0.264. The van der Waals surface area contributed by atoms with Crippen LogP contribution in [0.25, 0.3) is 6.08 Å². The Morgan fingerprint density at radius 2 is 2.24 bits per heavy atom. The minimum Gasteiger partial charge on any atom is -0.496 e. The normalized spacial score (nSPS) is 18.2. The average molecular weight is 289 g/mol. The molecule has 0 unspecified atom stereocenters. The zero-order valence-corrected chi connectivity index (χ0v) is 12.9. The third kappa shape index (κ3) is 3.85. The van der Waals surface area contributed by atoms with Gasteiger partial charge in [0.25, 0.3) is 0 Å². The Hall–Kier alpha value is -1.81. The molecular weight excluding hydrogens is 266 g/mol. The molecule has 0 aromatic heterocycles. The Labute approximate surface area is 126 Å². The van der Waals surface area contributed by atoms with Crippen molar-refractivity contribution in [1.82, 2.24) is 4.90 Å². The molecule has 0 radical (unpaired) electrons. The van der Waals surface area contributed by atoms with Crippen LogP contribution in [-0.2, 0) is 11.3 Å². The summed E-state index contributed by atoms with van der Waals surface area (Å²) in [6.07, 6.45) is 5.17. The SMILES string of the molecule is COc1ccc(CN2CCCC2(C)C)cc1C=CC(=O)O. The van der Waals surface area contributed by atoms with Crippen LogP contribution in [0.3, 0.4) is 0 Å². The molecule has 1 aliphatic rings. The lowest BCUT2D eigenvalue weighted by molar-refractivity contribution is -0.131. The van der Waals surface area contributed by atoms with Gasteiger partial charge in [-0.25, -0.2) is 4.79 Å². The molecule has 2 rings (SSSR count). The number of aliphatic carboxylic acids is 1. The van der Waals surface area contributed by atoms with Crippen molar-refractivity contribution in [3.8, 4) is 5.75 Å². The first-order valence-electron chi connectivity index (χ1n) is 7.25. The molecule has 1 aliphatic heterocycles. The van der Waals surface area contributed by atoms with Crippen molar-refractivity contribution in [2.24, 2.45) is 0 Å². The fourth-order valence-electron chi connectivity index (χ4n) is 2.85. The van der Waals surface area contributed by atoms with Gasteiger partial charge in [-0.1, -0.05) is 6.07 Å². The van der Waals surface area contributed by atoms with Gasteiger partial charge in [0.15, 0.2) is 0 Å². The molecule has 0 amide bonds. The van der Waals surface area contributed by atoms with Crippen molar-refractivity contribution in [2.45, 2.75) is 38.8 Å². The largest absolute Gasteiger partial charge is 0.496 e. The monoisotopic (exact) mass is 289 g/mol.